The van der Waals surface area contributed by atoms with E-state index in [0.29, 0.717) is 11.2 Å². The monoisotopic (exact) mass is 447 g/mol. The number of para-hydroxylation sites is 1. The lowest BCUT2D eigenvalue weighted by atomic mass is 10.1. The van der Waals surface area contributed by atoms with Crippen LogP contribution in [0.4, 0.5) is 11.4 Å². The molecule has 0 saturated carbocycles. The molecule has 0 saturated heterocycles. The number of rotatable bonds is 8. The lowest BCUT2D eigenvalue weighted by Gasteiger charge is -2.25. The highest BCUT2D eigenvalue weighted by Crippen LogP contribution is 2.31. The molecule has 160 valence electrons. The Balaban J connectivity index is 1.17. The maximum absolute atomic E-state index is 5.48. The number of anilines is 2. The predicted octanol–water partition coefficient (Wildman–Crippen LogP) is 6.11. The molecule has 1 heterocycles. The third-order valence-corrected chi connectivity index (χ3v) is 6.90. The van der Waals surface area contributed by atoms with Crippen molar-refractivity contribution in [1.82, 2.24) is 5.32 Å². The van der Waals surface area contributed by atoms with Crippen LogP contribution in [0.3, 0.4) is 0 Å². The van der Waals surface area contributed by atoms with Crippen LogP contribution in [-0.4, -0.2) is 24.2 Å². The topological polar surface area (TPSA) is 27.3 Å². The number of fused-ring (bicyclic) bond motifs is 1. The van der Waals surface area contributed by atoms with Gasteiger partial charge in [-0.1, -0.05) is 48.5 Å². The highest BCUT2D eigenvalue weighted by molar-refractivity contribution is 7.98. The molecule has 31 heavy (non-hydrogen) atoms. The number of thioether (sulfide) groups is 1. The van der Waals surface area contributed by atoms with Crippen molar-refractivity contribution in [3.63, 3.8) is 0 Å². The first-order valence-corrected chi connectivity index (χ1v) is 12.2. The molecule has 0 amide bonds. The Bertz CT molecular complexity index is 989. The molecule has 4 rings (SSSR count). The summed E-state index contributed by atoms with van der Waals surface area (Å²) in [5.74, 6) is 0.963. The molecule has 3 nitrogen and oxygen atoms in total. The standard InChI is InChI=1S/C26H29N3S2/c1-20-18-22-8-5-6-11-25(22)29(20)17-7-16-27-26(30)28-23-14-12-21(13-15-23)19-31-24-9-3-2-4-10-24/h2-6,8-15,20H,7,16-19H2,1H3,(H2,27,28,30). The normalized spacial score (nSPS) is 14.9. The molecule has 0 aromatic heterocycles. The Morgan fingerprint density at radius 2 is 1.74 bits per heavy atom. The van der Waals surface area contributed by atoms with Crippen molar-refractivity contribution >= 4 is 40.5 Å². The van der Waals surface area contributed by atoms with E-state index < -0.39 is 0 Å². The van der Waals surface area contributed by atoms with Crippen molar-refractivity contribution in [2.24, 2.45) is 0 Å². The van der Waals surface area contributed by atoms with E-state index in [1.807, 2.05) is 17.8 Å². The van der Waals surface area contributed by atoms with Crippen LogP contribution in [0.2, 0.25) is 0 Å². The summed E-state index contributed by atoms with van der Waals surface area (Å²) >= 11 is 7.33. The van der Waals surface area contributed by atoms with Crippen LogP contribution in [0.25, 0.3) is 0 Å². The van der Waals surface area contributed by atoms with Crippen LogP contribution in [-0.2, 0) is 12.2 Å². The van der Waals surface area contributed by atoms with Gasteiger partial charge in [0.25, 0.3) is 0 Å². The number of nitrogens with zero attached hydrogens (tertiary/aromatic N) is 1. The summed E-state index contributed by atoms with van der Waals surface area (Å²) < 4.78 is 0. The Hall–Kier alpha value is -2.50. The summed E-state index contributed by atoms with van der Waals surface area (Å²) in [7, 11) is 0. The lowest BCUT2D eigenvalue weighted by molar-refractivity contribution is 0.641. The third kappa shape index (κ3) is 6.02. The molecular weight excluding hydrogens is 418 g/mol. The van der Waals surface area contributed by atoms with E-state index in [2.05, 4.69) is 95.3 Å². The average Bonchev–Trinajstić information content (AvgIpc) is 3.12. The zero-order valence-corrected chi connectivity index (χ0v) is 19.5. The molecule has 0 radical (unpaired) electrons. The van der Waals surface area contributed by atoms with E-state index in [1.165, 1.54) is 21.7 Å². The summed E-state index contributed by atoms with van der Waals surface area (Å²) in [6.45, 7) is 4.21. The van der Waals surface area contributed by atoms with E-state index in [1.54, 1.807) is 0 Å². The van der Waals surface area contributed by atoms with Gasteiger partial charge in [-0.3, -0.25) is 0 Å². The first-order chi connectivity index (χ1) is 15.2. The van der Waals surface area contributed by atoms with Crippen LogP contribution >= 0.6 is 24.0 Å². The van der Waals surface area contributed by atoms with Gasteiger partial charge in [-0.05, 0) is 73.4 Å². The maximum Gasteiger partial charge on any atom is 0.170 e. The SMILES string of the molecule is CC1Cc2ccccc2N1CCCNC(=S)Nc1ccc(CSc2ccccc2)cc1. The van der Waals surface area contributed by atoms with E-state index in [9.17, 15) is 0 Å². The Morgan fingerprint density at radius 3 is 2.55 bits per heavy atom. The number of hydrogen-bond acceptors (Lipinski definition) is 3. The number of benzene rings is 3. The minimum absolute atomic E-state index is 0.570. The average molecular weight is 448 g/mol. The summed E-state index contributed by atoms with van der Waals surface area (Å²) in [5, 5.41) is 7.32. The van der Waals surface area contributed by atoms with Gasteiger partial charge in [0.2, 0.25) is 0 Å². The van der Waals surface area contributed by atoms with E-state index in [4.69, 9.17) is 12.2 Å². The fraction of sp³-hybridized carbons (Fsp3) is 0.269. The first kappa shape index (κ1) is 21.7. The van der Waals surface area contributed by atoms with Gasteiger partial charge in [0.1, 0.15) is 0 Å². The van der Waals surface area contributed by atoms with Gasteiger partial charge in [0, 0.05) is 41.2 Å². The van der Waals surface area contributed by atoms with Crippen molar-refractivity contribution < 1.29 is 0 Å². The van der Waals surface area contributed by atoms with Gasteiger partial charge in [0.05, 0.1) is 0 Å². The van der Waals surface area contributed by atoms with Crippen LogP contribution < -0.4 is 15.5 Å². The number of thiocarbonyl (C=S) groups is 1. The van der Waals surface area contributed by atoms with E-state index in [-0.39, 0.29) is 0 Å². The first-order valence-electron chi connectivity index (χ1n) is 10.9. The molecule has 0 bridgehead atoms. The third-order valence-electron chi connectivity index (χ3n) is 5.57. The summed E-state index contributed by atoms with van der Waals surface area (Å²) in [5.41, 5.74) is 5.18. The molecule has 1 aliphatic rings. The van der Waals surface area contributed by atoms with Gasteiger partial charge in [0.15, 0.2) is 5.11 Å². The predicted molar refractivity (Wildman–Crippen MR) is 138 cm³/mol. The number of hydrogen-bond donors (Lipinski definition) is 2. The fourth-order valence-electron chi connectivity index (χ4n) is 3.96. The second kappa shape index (κ2) is 10.7. The van der Waals surface area contributed by atoms with Crippen molar-refractivity contribution in [2.75, 3.05) is 23.3 Å². The molecule has 5 heteroatoms. The summed E-state index contributed by atoms with van der Waals surface area (Å²) in [6, 6.07) is 28.3. The molecule has 0 fully saturated rings. The quantitative estimate of drug-likeness (QED) is 0.247. The Labute approximate surface area is 195 Å². The minimum atomic E-state index is 0.570. The Kier molecular flexibility index (Phi) is 7.49. The number of nitrogens with one attached hydrogen (secondary N) is 2. The largest absolute Gasteiger partial charge is 0.368 e. The molecule has 0 aliphatic carbocycles. The van der Waals surface area contributed by atoms with E-state index >= 15 is 0 Å². The highest BCUT2D eigenvalue weighted by Gasteiger charge is 2.24. The minimum Gasteiger partial charge on any atom is -0.368 e. The van der Waals surface area contributed by atoms with Gasteiger partial charge >= 0.3 is 0 Å². The van der Waals surface area contributed by atoms with Crippen molar-refractivity contribution in [2.45, 2.75) is 36.5 Å². The molecule has 3 aromatic rings. The molecule has 0 spiro atoms. The molecule has 1 unspecified atom stereocenters. The van der Waals surface area contributed by atoms with Crippen LogP contribution in [0.5, 0.6) is 0 Å². The van der Waals surface area contributed by atoms with Crippen LogP contribution in [0.15, 0.2) is 83.8 Å². The fourth-order valence-corrected chi connectivity index (χ4v) is 5.06. The van der Waals surface area contributed by atoms with Gasteiger partial charge in [-0.2, -0.15) is 0 Å². The molecule has 1 aliphatic heterocycles. The van der Waals surface area contributed by atoms with Crippen LogP contribution in [0.1, 0.15) is 24.5 Å². The second-order valence-corrected chi connectivity index (χ2v) is 9.37. The van der Waals surface area contributed by atoms with Crippen molar-refractivity contribution in [3.8, 4) is 0 Å². The maximum atomic E-state index is 5.48. The highest BCUT2D eigenvalue weighted by atomic mass is 32.2. The zero-order valence-electron chi connectivity index (χ0n) is 17.9. The molecule has 3 aromatic carbocycles. The zero-order chi connectivity index (χ0) is 21.5. The molecular formula is C26H29N3S2. The molecule has 2 N–H and O–H groups in total. The van der Waals surface area contributed by atoms with Crippen molar-refractivity contribution in [3.05, 3.63) is 90.0 Å². The second-order valence-electron chi connectivity index (χ2n) is 7.91. The van der Waals surface area contributed by atoms with Gasteiger partial charge < -0.3 is 15.5 Å². The smallest absolute Gasteiger partial charge is 0.170 e. The Morgan fingerprint density at radius 1 is 1.00 bits per heavy atom. The summed E-state index contributed by atoms with van der Waals surface area (Å²) in [4.78, 5) is 3.81. The summed E-state index contributed by atoms with van der Waals surface area (Å²) in [6.07, 6.45) is 2.19. The molecule has 1 atom stereocenters. The van der Waals surface area contributed by atoms with E-state index in [0.717, 1.165) is 37.4 Å². The van der Waals surface area contributed by atoms with Crippen LogP contribution in [0, 0.1) is 0 Å². The van der Waals surface area contributed by atoms with Gasteiger partial charge in [-0.15, -0.1) is 11.8 Å². The van der Waals surface area contributed by atoms with Crippen molar-refractivity contribution in [1.29, 1.82) is 0 Å². The lowest BCUT2D eigenvalue weighted by Crippen LogP contribution is -2.34. The van der Waals surface area contributed by atoms with Gasteiger partial charge in [-0.25, -0.2) is 0 Å².